The van der Waals surface area contributed by atoms with Crippen molar-refractivity contribution in [2.24, 2.45) is 0 Å². The van der Waals surface area contributed by atoms with E-state index in [1.165, 1.54) is 11.3 Å². The van der Waals surface area contributed by atoms with Crippen molar-refractivity contribution in [1.82, 2.24) is 10.3 Å². The van der Waals surface area contributed by atoms with Gasteiger partial charge in [0.1, 0.15) is 11.3 Å². The Bertz CT molecular complexity index is 875. The molecule has 1 unspecified atom stereocenters. The summed E-state index contributed by atoms with van der Waals surface area (Å²) >= 11 is 1.46. The molecule has 140 valence electrons. The van der Waals surface area contributed by atoms with E-state index in [0.717, 1.165) is 16.1 Å². The molecule has 0 fully saturated rings. The largest absolute Gasteiger partial charge is 0.481 e. The SMILES string of the molecule is O=C(O)CCC(Cc1ccccc1)NC(=O)Cc1csc(-c2ccoc2)n1. The number of rotatable bonds is 9. The van der Waals surface area contributed by atoms with Gasteiger partial charge in [-0.1, -0.05) is 30.3 Å². The van der Waals surface area contributed by atoms with Gasteiger partial charge in [-0.15, -0.1) is 11.3 Å². The maximum absolute atomic E-state index is 12.4. The molecule has 2 heterocycles. The van der Waals surface area contributed by atoms with Gasteiger partial charge in [-0.25, -0.2) is 4.98 Å². The van der Waals surface area contributed by atoms with Crippen molar-refractivity contribution >= 4 is 23.2 Å². The van der Waals surface area contributed by atoms with E-state index in [-0.39, 0.29) is 24.8 Å². The van der Waals surface area contributed by atoms with Gasteiger partial charge in [0.15, 0.2) is 0 Å². The first-order valence-corrected chi connectivity index (χ1v) is 9.50. The Balaban J connectivity index is 1.60. The third-order valence-corrected chi connectivity index (χ3v) is 5.00. The fourth-order valence-corrected chi connectivity index (χ4v) is 3.58. The summed E-state index contributed by atoms with van der Waals surface area (Å²) in [5.74, 6) is -1.03. The summed E-state index contributed by atoms with van der Waals surface area (Å²) in [4.78, 5) is 27.8. The third-order valence-electron chi connectivity index (χ3n) is 4.06. The molecule has 7 heteroatoms. The lowest BCUT2D eigenvalue weighted by Crippen LogP contribution is -2.37. The number of thiazole rings is 1. The molecule has 27 heavy (non-hydrogen) atoms. The van der Waals surface area contributed by atoms with Crippen LogP contribution in [0.3, 0.4) is 0 Å². The average molecular weight is 384 g/mol. The van der Waals surface area contributed by atoms with E-state index < -0.39 is 5.97 Å². The highest BCUT2D eigenvalue weighted by atomic mass is 32.1. The Morgan fingerprint density at radius 3 is 2.74 bits per heavy atom. The second-order valence-corrected chi connectivity index (χ2v) is 7.08. The molecule has 0 radical (unpaired) electrons. The highest BCUT2D eigenvalue weighted by Crippen LogP contribution is 2.24. The van der Waals surface area contributed by atoms with E-state index in [4.69, 9.17) is 9.52 Å². The number of benzene rings is 1. The normalized spacial score (nSPS) is 11.9. The Morgan fingerprint density at radius 1 is 1.22 bits per heavy atom. The smallest absolute Gasteiger partial charge is 0.303 e. The zero-order valence-electron chi connectivity index (χ0n) is 14.6. The number of hydrogen-bond donors (Lipinski definition) is 2. The van der Waals surface area contributed by atoms with E-state index in [1.807, 2.05) is 41.8 Å². The fourth-order valence-electron chi connectivity index (χ4n) is 2.77. The lowest BCUT2D eigenvalue weighted by atomic mass is 10.0. The van der Waals surface area contributed by atoms with Crippen LogP contribution in [0.15, 0.2) is 58.7 Å². The van der Waals surface area contributed by atoms with Gasteiger partial charge in [0, 0.05) is 23.4 Å². The summed E-state index contributed by atoms with van der Waals surface area (Å²) in [6.07, 6.45) is 4.35. The quantitative estimate of drug-likeness (QED) is 0.589. The summed E-state index contributed by atoms with van der Waals surface area (Å²) < 4.78 is 5.05. The van der Waals surface area contributed by atoms with Gasteiger partial charge in [0.2, 0.25) is 5.91 Å². The first-order valence-electron chi connectivity index (χ1n) is 8.62. The maximum Gasteiger partial charge on any atom is 0.303 e. The number of carboxylic acids is 1. The molecule has 0 bridgehead atoms. The molecule has 2 aromatic heterocycles. The van der Waals surface area contributed by atoms with Crippen LogP contribution in [0.1, 0.15) is 24.1 Å². The minimum atomic E-state index is -0.869. The number of nitrogens with zero attached hydrogens (tertiary/aromatic N) is 1. The second kappa shape index (κ2) is 9.14. The van der Waals surface area contributed by atoms with Gasteiger partial charge >= 0.3 is 5.97 Å². The zero-order chi connectivity index (χ0) is 19.1. The topological polar surface area (TPSA) is 92.4 Å². The van der Waals surface area contributed by atoms with Crippen molar-refractivity contribution in [1.29, 1.82) is 0 Å². The number of aromatic nitrogens is 1. The molecule has 0 aliphatic carbocycles. The molecule has 3 rings (SSSR count). The number of amides is 1. The highest BCUT2D eigenvalue weighted by molar-refractivity contribution is 7.13. The molecule has 0 spiro atoms. The summed E-state index contributed by atoms with van der Waals surface area (Å²) in [5.41, 5.74) is 2.63. The predicted molar refractivity (Wildman–Crippen MR) is 102 cm³/mol. The zero-order valence-corrected chi connectivity index (χ0v) is 15.4. The van der Waals surface area contributed by atoms with Crippen LogP contribution < -0.4 is 5.32 Å². The first kappa shape index (κ1) is 18.8. The highest BCUT2D eigenvalue weighted by Gasteiger charge is 2.16. The number of furan rings is 1. The summed E-state index contributed by atoms with van der Waals surface area (Å²) in [5, 5.41) is 14.6. The van der Waals surface area contributed by atoms with Crippen LogP contribution in [0, 0.1) is 0 Å². The second-order valence-electron chi connectivity index (χ2n) is 6.22. The molecule has 1 aromatic carbocycles. The number of aliphatic carboxylic acids is 1. The van der Waals surface area contributed by atoms with Gasteiger partial charge in [0.05, 0.1) is 18.4 Å². The van der Waals surface area contributed by atoms with Gasteiger partial charge in [0.25, 0.3) is 0 Å². The molecule has 0 aliphatic heterocycles. The molecule has 0 aliphatic rings. The van der Waals surface area contributed by atoms with Gasteiger partial charge in [-0.2, -0.15) is 0 Å². The number of carbonyl (C=O) groups is 2. The lowest BCUT2D eigenvalue weighted by molar-refractivity contribution is -0.137. The standard InChI is InChI=1S/C20H20N2O4S/c23-18(11-17-13-27-20(22-17)15-8-9-26-12-15)21-16(6-7-19(24)25)10-14-4-2-1-3-5-14/h1-5,8-9,12-13,16H,6-7,10-11H2,(H,21,23)(H,24,25). The lowest BCUT2D eigenvalue weighted by Gasteiger charge is -2.18. The monoisotopic (exact) mass is 384 g/mol. The molecule has 0 saturated heterocycles. The maximum atomic E-state index is 12.4. The van der Waals surface area contributed by atoms with Crippen LogP contribution in [-0.4, -0.2) is 28.0 Å². The van der Waals surface area contributed by atoms with Crippen LogP contribution >= 0.6 is 11.3 Å². The van der Waals surface area contributed by atoms with Crippen molar-refractivity contribution in [3.8, 4) is 10.6 Å². The van der Waals surface area contributed by atoms with Crippen LogP contribution in [-0.2, 0) is 22.4 Å². The Labute approximate surface area is 160 Å². The summed E-state index contributed by atoms with van der Waals surface area (Å²) in [6.45, 7) is 0. The fraction of sp³-hybridized carbons (Fsp3) is 0.250. The molecule has 1 atom stereocenters. The average Bonchev–Trinajstić information content (AvgIpc) is 3.32. The molecule has 3 aromatic rings. The minimum Gasteiger partial charge on any atom is -0.481 e. The molecule has 0 saturated carbocycles. The van der Waals surface area contributed by atoms with Crippen molar-refractivity contribution in [2.45, 2.75) is 31.7 Å². The summed E-state index contributed by atoms with van der Waals surface area (Å²) in [6, 6.07) is 11.3. The summed E-state index contributed by atoms with van der Waals surface area (Å²) in [7, 11) is 0. The van der Waals surface area contributed by atoms with E-state index in [0.29, 0.717) is 18.5 Å². The van der Waals surface area contributed by atoms with Crippen molar-refractivity contribution in [2.75, 3.05) is 0 Å². The third kappa shape index (κ3) is 5.79. The molecular weight excluding hydrogens is 364 g/mol. The Kier molecular flexibility index (Phi) is 6.38. The van der Waals surface area contributed by atoms with Crippen LogP contribution in [0.4, 0.5) is 0 Å². The minimum absolute atomic E-state index is 0.0130. The van der Waals surface area contributed by atoms with Gasteiger partial charge in [-0.05, 0) is 24.5 Å². The Hall–Kier alpha value is -2.93. The molecular formula is C20H20N2O4S. The molecule has 6 nitrogen and oxygen atoms in total. The van der Waals surface area contributed by atoms with Crippen LogP contribution in [0.2, 0.25) is 0 Å². The molecule has 1 amide bonds. The van der Waals surface area contributed by atoms with Crippen molar-refractivity contribution < 1.29 is 19.1 Å². The van der Waals surface area contributed by atoms with Gasteiger partial charge in [-0.3, -0.25) is 9.59 Å². The van der Waals surface area contributed by atoms with E-state index in [9.17, 15) is 9.59 Å². The number of hydrogen-bond acceptors (Lipinski definition) is 5. The van der Waals surface area contributed by atoms with Crippen molar-refractivity contribution in [3.63, 3.8) is 0 Å². The molecule has 2 N–H and O–H groups in total. The number of carbonyl (C=O) groups excluding carboxylic acids is 1. The first-order chi connectivity index (χ1) is 13.1. The predicted octanol–water partition coefficient (Wildman–Crippen LogP) is 3.54. The van der Waals surface area contributed by atoms with Crippen LogP contribution in [0.25, 0.3) is 10.6 Å². The van der Waals surface area contributed by atoms with Crippen LogP contribution in [0.5, 0.6) is 0 Å². The van der Waals surface area contributed by atoms with E-state index in [2.05, 4.69) is 10.3 Å². The Morgan fingerprint density at radius 2 is 2.04 bits per heavy atom. The van der Waals surface area contributed by atoms with Gasteiger partial charge < -0.3 is 14.8 Å². The van der Waals surface area contributed by atoms with E-state index in [1.54, 1.807) is 12.5 Å². The number of carboxylic acid groups (broad SMARTS) is 1. The van der Waals surface area contributed by atoms with E-state index >= 15 is 0 Å². The van der Waals surface area contributed by atoms with Crippen molar-refractivity contribution in [3.05, 3.63) is 65.6 Å². The number of nitrogens with one attached hydrogen (secondary N) is 1.